The lowest BCUT2D eigenvalue weighted by atomic mass is 9.97. The second-order valence-corrected chi connectivity index (χ2v) is 5.73. The Morgan fingerprint density at radius 1 is 1.25 bits per heavy atom. The van der Waals surface area contributed by atoms with Gasteiger partial charge in [-0.25, -0.2) is 0 Å². The number of nitro groups is 1. The maximum absolute atomic E-state index is 10.8. The first-order valence-electron chi connectivity index (χ1n) is 7.79. The predicted molar refractivity (Wildman–Crippen MR) is 89.6 cm³/mol. The number of nitrogens with one attached hydrogen (secondary N) is 1. The molecule has 3 rings (SSSR count). The van der Waals surface area contributed by atoms with Crippen LogP contribution in [0.2, 0.25) is 0 Å². The molecule has 0 spiro atoms. The Hall–Kier alpha value is -2.91. The van der Waals surface area contributed by atoms with Gasteiger partial charge >= 0.3 is 0 Å². The molecular weight excluding hydrogens is 306 g/mol. The van der Waals surface area contributed by atoms with Crippen molar-refractivity contribution < 1.29 is 9.66 Å². The third-order valence-corrected chi connectivity index (χ3v) is 4.15. The zero-order valence-corrected chi connectivity index (χ0v) is 13.0. The molecule has 2 aromatic rings. The van der Waals surface area contributed by atoms with Crippen molar-refractivity contribution in [3.8, 4) is 6.07 Å². The summed E-state index contributed by atoms with van der Waals surface area (Å²) in [6.07, 6.45) is 1.62. The lowest BCUT2D eigenvalue weighted by Gasteiger charge is -2.31. The van der Waals surface area contributed by atoms with Crippen LogP contribution < -0.4 is 5.32 Å². The molecule has 24 heavy (non-hydrogen) atoms. The number of nitro benzene ring substituents is 1. The molecule has 0 unspecified atom stereocenters. The second-order valence-electron chi connectivity index (χ2n) is 5.73. The zero-order chi connectivity index (χ0) is 16.9. The van der Waals surface area contributed by atoms with Crippen molar-refractivity contribution in [3.63, 3.8) is 0 Å². The van der Waals surface area contributed by atoms with E-state index in [1.165, 1.54) is 12.1 Å². The summed E-state index contributed by atoms with van der Waals surface area (Å²) >= 11 is 0. The van der Waals surface area contributed by atoms with Gasteiger partial charge in [0.25, 0.3) is 5.69 Å². The third-order valence-electron chi connectivity index (χ3n) is 4.15. The van der Waals surface area contributed by atoms with Gasteiger partial charge in [-0.3, -0.25) is 10.1 Å². The molecule has 1 N–H and O–H groups in total. The topological polar surface area (TPSA) is 88.2 Å². The number of hydrogen-bond acceptors (Lipinski definition) is 5. The minimum absolute atomic E-state index is 0.0148. The smallest absolute Gasteiger partial charge is 0.270 e. The highest BCUT2D eigenvalue weighted by Crippen LogP contribution is 2.31. The van der Waals surface area contributed by atoms with Gasteiger partial charge in [-0.05, 0) is 24.5 Å². The van der Waals surface area contributed by atoms with E-state index in [2.05, 4.69) is 5.32 Å². The predicted octanol–water partition coefficient (Wildman–Crippen LogP) is 3.80. The summed E-state index contributed by atoms with van der Waals surface area (Å²) in [5.74, 6) is 0. The van der Waals surface area contributed by atoms with Crippen LogP contribution in [0.25, 0.3) is 0 Å². The van der Waals surface area contributed by atoms with Crippen molar-refractivity contribution in [1.82, 2.24) is 0 Å². The molecular formula is C18H17N3O3. The van der Waals surface area contributed by atoms with E-state index >= 15 is 0 Å². The van der Waals surface area contributed by atoms with E-state index in [1.807, 2.05) is 36.4 Å². The monoisotopic (exact) mass is 323 g/mol. The van der Waals surface area contributed by atoms with E-state index < -0.39 is 4.92 Å². The summed E-state index contributed by atoms with van der Waals surface area (Å²) in [7, 11) is 0. The first kappa shape index (κ1) is 16.0. The van der Waals surface area contributed by atoms with Crippen LogP contribution in [0.3, 0.4) is 0 Å². The molecule has 6 nitrogen and oxygen atoms in total. The highest BCUT2D eigenvalue weighted by atomic mass is 16.6. The summed E-state index contributed by atoms with van der Waals surface area (Å²) < 4.78 is 5.84. The second kappa shape index (κ2) is 7.11. The van der Waals surface area contributed by atoms with Crippen LogP contribution in [0, 0.1) is 21.4 Å². The molecule has 2 aromatic carbocycles. The van der Waals surface area contributed by atoms with Gasteiger partial charge < -0.3 is 10.1 Å². The maximum atomic E-state index is 10.8. The standard InChI is InChI=1S/C18H17N3O3/c19-12-14-10-16(21(22)23)6-7-17(14)20-15-8-9-24-18(11-15)13-4-2-1-3-5-13/h1-7,10,15,18,20H,8-9,11H2/t15-,18-/m1/s1. The molecule has 122 valence electrons. The summed E-state index contributed by atoms with van der Waals surface area (Å²) in [6, 6.07) is 16.5. The Morgan fingerprint density at radius 2 is 2.04 bits per heavy atom. The van der Waals surface area contributed by atoms with Crippen LogP contribution in [0.4, 0.5) is 11.4 Å². The highest BCUT2D eigenvalue weighted by Gasteiger charge is 2.24. The number of hydrogen-bond donors (Lipinski definition) is 1. The number of benzene rings is 2. The molecule has 1 fully saturated rings. The summed E-state index contributed by atoms with van der Waals surface area (Å²) in [5, 5.41) is 23.4. The van der Waals surface area contributed by atoms with Crippen molar-refractivity contribution in [2.24, 2.45) is 0 Å². The van der Waals surface area contributed by atoms with E-state index in [4.69, 9.17) is 4.74 Å². The van der Waals surface area contributed by atoms with E-state index in [0.717, 1.165) is 18.4 Å². The molecule has 0 aliphatic carbocycles. The Kier molecular flexibility index (Phi) is 4.73. The lowest BCUT2D eigenvalue weighted by molar-refractivity contribution is -0.384. The lowest BCUT2D eigenvalue weighted by Crippen LogP contribution is -2.30. The summed E-state index contributed by atoms with van der Waals surface area (Å²) in [5.41, 5.74) is 1.97. The summed E-state index contributed by atoms with van der Waals surface area (Å²) in [6.45, 7) is 0.631. The van der Waals surface area contributed by atoms with Gasteiger partial charge in [-0.15, -0.1) is 0 Å². The Bertz CT molecular complexity index is 771. The van der Waals surface area contributed by atoms with Crippen LogP contribution >= 0.6 is 0 Å². The zero-order valence-electron chi connectivity index (χ0n) is 13.0. The van der Waals surface area contributed by atoms with E-state index in [0.29, 0.717) is 12.3 Å². The van der Waals surface area contributed by atoms with E-state index in [1.54, 1.807) is 6.07 Å². The van der Waals surface area contributed by atoms with E-state index in [9.17, 15) is 15.4 Å². The minimum Gasteiger partial charge on any atom is -0.381 e. The number of non-ortho nitro benzene ring substituents is 1. The number of rotatable bonds is 4. The van der Waals surface area contributed by atoms with Crippen LogP contribution in [0.5, 0.6) is 0 Å². The van der Waals surface area contributed by atoms with Gasteiger partial charge in [0.2, 0.25) is 0 Å². The van der Waals surface area contributed by atoms with E-state index in [-0.39, 0.29) is 23.4 Å². The molecule has 1 heterocycles. The Labute approximate surface area is 139 Å². The van der Waals surface area contributed by atoms with Crippen molar-refractivity contribution >= 4 is 11.4 Å². The van der Waals surface area contributed by atoms with Gasteiger partial charge in [0.15, 0.2) is 0 Å². The number of anilines is 1. The van der Waals surface area contributed by atoms with Crippen LogP contribution in [-0.2, 0) is 4.74 Å². The van der Waals surface area contributed by atoms with Gasteiger partial charge in [0, 0.05) is 24.8 Å². The fourth-order valence-corrected chi connectivity index (χ4v) is 2.91. The summed E-state index contributed by atoms with van der Waals surface area (Å²) in [4.78, 5) is 10.3. The molecule has 2 atom stereocenters. The largest absolute Gasteiger partial charge is 0.381 e. The number of ether oxygens (including phenoxy) is 1. The third kappa shape index (κ3) is 3.53. The average Bonchev–Trinajstić information content (AvgIpc) is 2.63. The first-order valence-corrected chi connectivity index (χ1v) is 7.79. The number of nitrogens with zero attached hydrogens (tertiary/aromatic N) is 2. The van der Waals surface area contributed by atoms with Crippen LogP contribution in [0.1, 0.15) is 30.1 Å². The fourth-order valence-electron chi connectivity index (χ4n) is 2.91. The van der Waals surface area contributed by atoms with Gasteiger partial charge in [-0.1, -0.05) is 30.3 Å². The van der Waals surface area contributed by atoms with Crippen molar-refractivity contribution in [1.29, 1.82) is 5.26 Å². The Morgan fingerprint density at radius 3 is 2.75 bits per heavy atom. The van der Waals surface area contributed by atoms with Gasteiger partial charge in [-0.2, -0.15) is 5.26 Å². The molecule has 0 radical (unpaired) electrons. The average molecular weight is 323 g/mol. The van der Waals surface area contributed by atoms with Crippen molar-refractivity contribution in [2.45, 2.75) is 25.0 Å². The molecule has 1 saturated heterocycles. The Balaban J connectivity index is 1.74. The molecule has 0 bridgehead atoms. The molecule has 0 amide bonds. The normalized spacial score (nSPS) is 20.1. The fraction of sp³-hybridized carbons (Fsp3) is 0.278. The minimum atomic E-state index is -0.496. The number of nitriles is 1. The molecule has 0 aromatic heterocycles. The molecule has 0 saturated carbocycles. The van der Waals surface area contributed by atoms with Crippen molar-refractivity contribution in [3.05, 3.63) is 69.8 Å². The van der Waals surface area contributed by atoms with Crippen LogP contribution in [-0.4, -0.2) is 17.6 Å². The van der Waals surface area contributed by atoms with Gasteiger partial charge in [0.1, 0.15) is 6.07 Å². The maximum Gasteiger partial charge on any atom is 0.270 e. The SMILES string of the molecule is N#Cc1cc([N+](=O)[O-])ccc1N[C@@H]1CCO[C@@H](c2ccccc2)C1. The van der Waals surface area contributed by atoms with Gasteiger partial charge in [0.05, 0.1) is 22.3 Å². The van der Waals surface area contributed by atoms with Crippen LogP contribution in [0.15, 0.2) is 48.5 Å². The molecule has 1 aliphatic heterocycles. The first-order chi connectivity index (χ1) is 11.7. The molecule has 6 heteroatoms. The van der Waals surface area contributed by atoms with Crippen molar-refractivity contribution in [2.75, 3.05) is 11.9 Å². The quantitative estimate of drug-likeness (QED) is 0.683. The molecule has 1 aliphatic rings. The highest BCUT2D eigenvalue weighted by molar-refractivity contribution is 5.61.